The van der Waals surface area contributed by atoms with Crippen LogP contribution in [0.5, 0.6) is 0 Å². The maximum absolute atomic E-state index is 9.40. The van der Waals surface area contributed by atoms with Crippen LogP contribution < -0.4 is 18.1 Å². The number of nitrogens with zero attached hydrogens (tertiary/aromatic N) is 4. The zero-order chi connectivity index (χ0) is 44.2. The molecular formula is C56H38N4S4. The average Bonchev–Trinajstić information content (AvgIpc) is 4.17. The Morgan fingerprint density at radius 2 is 0.844 bits per heavy atom. The lowest BCUT2D eigenvalue weighted by molar-refractivity contribution is 1.24. The number of benzene rings is 4. The van der Waals surface area contributed by atoms with Gasteiger partial charge in [0, 0.05) is 30.1 Å². The van der Waals surface area contributed by atoms with Gasteiger partial charge in [-0.1, -0.05) is 97.1 Å². The van der Waals surface area contributed by atoms with Gasteiger partial charge in [-0.25, -0.2) is 0 Å². The summed E-state index contributed by atoms with van der Waals surface area (Å²) in [4.78, 5) is 0. The molecular weight excluding hydrogens is 857 g/mol. The van der Waals surface area contributed by atoms with E-state index in [9.17, 15) is 21.0 Å². The molecule has 0 saturated carbocycles. The Labute approximate surface area is 389 Å². The molecule has 2 aliphatic carbocycles. The zero-order valence-corrected chi connectivity index (χ0v) is 38.7. The Bertz CT molecular complexity index is 3270. The van der Waals surface area contributed by atoms with Gasteiger partial charge >= 0.3 is 0 Å². The fourth-order valence-electron chi connectivity index (χ4n) is 9.58. The molecule has 4 nitrogen and oxygen atoms in total. The highest BCUT2D eigenvalue weighted by atomic mass is 32.2. The number of thioether (sulfide) groups is 2. The quantitative estimate of drug-likeness (QED) is 0.155. The van der Waals surface area contributed by atoms with Crippen molar-refractivity contribution in [3.05, 3.63) is 206 Å². The van der Waals surface area contributed by atoms with E-state index in [-0.39, 0.29) is 32.1 Å². The standard InChI is InChI=1S/C56H38N4S4/c1-31-7-5-8-32(2)51(31)53-43-17-11-35(47-19-13-39(61-47)25-41-15-21-49(63-41)37(27-57)28-58)23-45(43)56-54(52-33(3)9-6-10-34(52)4)44-18-12-36(24-46(44)55(53)56)48-20-14-40(62-48)26-42-16-22-50(64-42)38(29-59)30-60/h5-26,39-40,47-48H,1-4H3/b41-25+,42-26+. The van der Waals surface area contributed by atoms with Crippen molar-refractivity contribution in [2.24, 2.45) is 0 Å². The van der Waals surface area contributed by atoms with Gasteiger partial charge in [-0.3, -0.25) is 0 Å². The molecule has 4 unspecified atom stereocenters. The minimum Gasteiger partial charge on any atom is -0.192 e. The minimum atomic E-state index is 0.152. The molecule has 0 fully saturated rings. The second-order valence-corrected chi connectivity index (χ2v) is 21.3. The largest absolute Gasteiger partial charge is 0.192 e. The summed E-state index contributed by atoms with van der Waals surface area (Å²) in [6.07, 6.45) is 13.7. The van der Waals surface area contributed by atoms with Crippen LogP contribution in [0.2, 0.25) is 0 Å². The third kappa shape index (κ3) is 7.15. The van der Waals surface area contributed by atoms with Gasteiger partial charge in [-0.15, -0.1) is 46.2 Å². The van der Waals surface area contributed by atoms with Gasteiger partial charge in [-0.05, 0) is 153 Å². The fourth-order valence-corrected chi connectivity index (χ4v) is 14.1. The Balaban J connectivity index is 1.09. The molecule has 8 heteroatoms. The number of nitriles is 4. The lowest BCUT2D eigenvalue weighted by atomic mass is 9.86. The summed E-state index contributed by atoms with van der Waals surface area (Å²) in [5, 5.41) is 38.3. The van der Waals surface area contributed by atoms with E-state index in [1.165, 1.54) is 112 Å². The van der Waals surface area contributed by atoms with Crippen LogP contribution in [-0.4, -0.2) is 10.5 Å². The van der Waals surface area contributed by atoms with Crippen molar-refractivity contribution in [1.29, 1.82) is 21.0 Å². The third-order valence-corrected chi connectivity index (χ3v) is 17.2. The van der Waals surface area contributed by atoms with Crippen LogP contribution in [0.25, 0.3) is 45.6 Å². The van der Waals surface area contributed by atoms with Gasteiger partial charge < -0.3 is 0 Å². The highest BCUT2D eigenvalue weighted by molar-refractivity contribution is 8.01. The molecule has 306 valence electrons. The van der Waals surface area contributed by atoms with Crippen LogP contribution in [0.1, 0.15) is 77.3 Å². The van der Waals surface area contributed by atoms with Crippen LogP contribution in [0.15, 0.2) is 121 Å². The second kappa shape index (κ2) is 16.8. The SMILES string of the molecule is Cc1cccc(C)c1C1=C2C(=C(c3c(C)cccc3C)c3ccc(C4C=CC(/C=c5\ccc(=C(C#N)C#N)s5)S4)cc32)c2cc(C3C=CC(/C=c4\ccc(=C(C#N)C#N)s4)S3)ccc21. The maximum atomic E-state index is 9.40. The second-order valence-electron chi connectivity index (χ2n) is 16.4. The normalized spacial score (nSPS) is 19.6. The van der Waals surface area contributed by atoms with Crippen molar-refractivity contribution in [2.45, 2.75) is 48.7 Å². The molecule has 0 radical (unpaired) electrons. The van der Waals surface area contributed by atoms with Gasteiger partial charge in [0.25, 0.3) is 0 Å². The first kappa shape index (κ1) is 41.4. The van der Waals surface area contributed by atoms with Crippen molar-refractivity contribution in [1.82, 2.24) is 0 Å². The van der Waals surface area contributed by atoms with Crippen molar-refractivity contribution in [3.63, 3.8) is 0 Å². The Hall–Kier alpha value is -6.62. The number of fused-ring (bicyclic) bond motifs is 5. The van der Waals surface area contributed by atoms with Crippen molar-refractivity contribution in [3.8, 4) is 24.3 Å². The van der Waals surface area contributed by atoms with E-state index in [4.69, 9.17) is 0 Å². The van der Waals surface area contributed by atoms with E-state index in [1.807, 2.05) is 72.1 Å². The minimum absolute atomic E-state index is 0.152. The molecule has 4 aliphatic rings. The molecule has 4 atom stereocenters. The first-order chi connectivity index (χ1) is 31.2. The van der Waals surface area contributed by atoms with Gasteiger partial charge in [0.2, 0.25) is 0 Å². The Kier molecular flexibility index (Phi) is 10.9. The molecule has 64 heavy (non-hydrogen) atoms. The summed E-state index contributed by atoms with van der Waals surface area (Å²) in [7, 11) is 0. The van der Waals surface area contributed by atoms with Gasteiger partial charge in [-0.2, -0.15) is 21.0 Å². The average molecular weight is 895 g/mol. The van der Waals surface area contributed by atoms with E-state index in [1.54, 1.807) is 0 Å². The number of rotatable bonds is 6. The van der Waals surface area contributed by atoms with E-state index in [0.717, 1.165) is 9.06 Å². The molecule has 0 N–H and O–H groups in total. The van der Waals surface area contributed by atoms with Crippen molar-refractivity contribution in [2.75, 3.05) is 0 Å². The summed E-state index contributed by atoms with van der Waals surface area (Å²) >= 11 is 6.79. The molecule has 4 heterocycles. The summed E-state index contributed by atoms with van der Waals surface area (Å²) < 4.78 is 3.51. The number of thiophene rings is 2. The molecule has 2 aliphatic heterocycles. The lowest BCUT2D eigenvalue weighted by Crippen LogP contribution is -2.01. The molecule has 0 bridgehead atoms. The number of hydrogen-bond acceptors (Lipinski definition) is 8. The third-order valence-electron chi connectivity index (χ3n) is 12.4. The van der Waals surface area contributed by atoms with E-state index in [2.05, 4.69) is 137 Å². The van der Waals surface area contributed by atoms with Crippen LogP contribution in [0.4, 0.5) is 0 Å². The molecule has 0 spiro atoms. The predicted molar refractivity (Wildman–Crippen MR) is 268 cm³/mol. The first-order valence-corrected chi connectivity index (χ1v) is 24.5. The Morgan fingerprint density at radius 3 is 1.22 bits per heavy atom. The van der Waals surface area contributed by atoms with E-state index < -0.39 is 0 Å². The molecule has 10 rings (SSSR count). The number of hydrogen-bond donors (Lipinski definition) is 0. The van der Waals surface area contributed by atoms with Crippen molar-refractivity contribution < 1.29 is 0 Å². The monoisotopic (exact) mass is 894 g/mol. The topological polar surface area (TPSA) is 95.2 Å². The van der Waals surface area contributed by atoms with Gasteiger partial charge in [0.15, 0.2) is 0 Å². The number of allylic oxidation sites excluding steroid dienone is 2. The molecule has 2 aromatic heterocycles. The zero-order valence-electron chi connectivity index (χ0n) is 35.4. The van der Waals surface area contributed by atoms with Gasteiger partial charge in [0.05, 0.1) is 9.06 Å². The van der Waals surface area contributed by atoms with Crippen LogP contribution in [-0.2, 0) is 0 Å². The van der Waals surface area contributed by atoms with Crippen LogP contribution in [0.3, 0.4) is 0 Å². The molecule has 4 aromatic carbocycles. The molecule has 0 amide bonds. The van der Waals surface area contributed by atoms with E-state index in [0.29, 0.717) is 9.06 Å². The first-order valence-electron chi connectivity index (χ1n) is 21.0. The smallest absolute Gasteiger partial charge is 0.146 e. The molecule has 6 aromatic rings. The van der Waals surface area contributed by atoms with Crippen LogP contribution in [0, 0.1) is 73.0 Å². The molecule has 0 saturated heterocycles. The summed E-state index contributed by atoms with van der Waals surface area (Å²) in [5.74, 6) is 0. The van der Waals surface area contributed by atoms with E-state index >= 15 is 0 Å². The fraction of sp³-hybridized carbons (Fsp3) is 0.143. The maximum Gasteiger partial charge on any atom is 0.146 e. The van der Waals surface area contributed by atoms with Gasteiger partial charge in [0.1, 0.15) is 35.4 Å². The lowest BCUT2D eigenvalue weighted by Gasteiger charge is -2.19. The summed E-state index contributed by atoms with van der Waals surface area (Å²) in [5.41, 5.74) is 20.7. The predicted octanol–water partition coefficient (Wildman–Crippen LogP) is 11.1. The summed E-state index contributed by atoms with van der Waals surface area (Å²) in [6, 6.07) is 43.4. The Morgan fingerprint density at radius 1 is 0.453 bits per heavy atom. The number of aryl methyl sites for hydroxylation is 4. The highest BCUT2D eigenvalue weighted by Crippen LogP contribution is 2.61. The highest BCUT2D eigenvalue weighted by Gasteiger charge is 2.40. The summed E-state index contributed by atoms with van der Waals surface area (Å²) in [6.45, 7) is 8.96. The van der Waals surface area contributed by atoms with Crippen molar-refractivity contribution >= 4 is 91.8 Å². The van der Waals surface area contributed by atoms with Crippen LogP contribution >= 0.6 is 46.2 Å².